The Morgan fingerprint density at radius 2 is 1.85 bits per heavy atom. The molecule has 3 heterocycles. The van der Waals surface area contributed by atoms with Crippen LogP contribution in [-0.2, 0) is 13.1 Å². The number of halogens is 4. The van der Waals surface area contributed by atoms with Crippen LogP contribution in [0.1, 0.15) is 12.7 Å². The van der Waals surface area contributed by atoms with Gasteiger partial charge in [-0.25, -0.2) is 23.7 Å². The summed E-state index contributed by atoms with van der Waals surface area (Å²) < 4.78 is 31.1. The molecule has 4 rings (SSSR count). The standard InChI is InChI=1S/C18H15F2N5.2ClH/c1-2-25-16(23-15-4-3-7-21-18(15)25)11-24-9-8-22-17(24)13-6-5-12(19)10-14(13)20;;/h3-10H,2,11H2,1H3;2*1H. The number of aromatic nitrogens is 5. The van der Waals surface area contributed by atoms with Gasteiger partial charge in [0.15, 0.2) is 5.65 Å². The predicted octanol–water partition coefficient (Wildman–Crippen LogP) is 4.48. The minimum Gasteiger partial charge on any atom is -0.323 e. The van der Waals surface area contributed by atoms with Crippen LogP contribution in [-0.4, -0.2) is 24.1 Å². The molecule has 0 saturated heterocycles. The highest BCUT2D eigenvalue weighted by Gasteiger charge is 2.15. The Morgan fingerprint density at radius 1 is 1.04 bits per heavy atom. The summed E-state index contributed by atoms with van der Waals surface area (Å²) in [7, 11) is 0. The van der Waals surface area contributed by atoms with E-state index < -0.39 is 11.6 Å². The van der Waals surface area contributed by atoms with Gasteiger partial charge in [0.25, 0.3) is 0 Å². The van der Waals surface area contributed by atoms with Gasteiger partial charge in [-0.15, -0.1) is 24.8 Å². The minimum absolute atomic E-state index is 0. The predicted molar refractivity (Wildman–Crippen MR) is 104 cm³/mol. The first-order valence-electron chi connectivity index (χ1n) is 7.94. The van der Waals surface area contributed by atoms with E-state index in [9.17, 15) is 8.78 Å². The van der Waals surface area contributed by atoms with E-state index in [1.165, 1.54) is 12.1 Å². The van der Waals surface area contributed by atoms with Crippen LogP contribution >= 0.6 is 24.8 Å². The quantitative estimate of drug-likeness (QED) is 0.497. The average Bonchev–Trinajstić information content (AvgIpc) is 3.19. The van der Waals surface area contributed by atoms with Gasteiger partial charge in [0.2, 0.25) is 0 Å². The molecule has 0 amide bonds. The average molecular weight is 412 g/mol. The molecule has 3 aromatic heterocycles. The van der Waals surface area contributed by atoms with Gasteiger partial charge in [0.05, 0.1) is 12.1 Å². The SMILES string of the molecule is CCn1c(Cn2ccnc2-c2ccc(F)cc2F)nc2cccnc21.Cl.Cl. The molecule has 0 saturated carbocycles. The number of aryl methyl sites for hydroxylation is 1. The Morgan fingerprint density at radius 3 is 2.59 bits per heavy atom. The first-order valence-corrected chi connectivity index (χ1v) is 7.94. The molecule has 142 valence electrons. The lowest BCUT2D eigenvalue weighted by Crippen LogP contribution is -2.09. The summed E-state index contributed by atoms with van der Waals surface area (Å²) in [5.41, 5.74) is 1.88. The number of hydrogen-bond acceptors (Lipinski definition) is 3. The van der Waals surface area contributed by atoms with Gasteiger partial charge in [-0.1, -0.05) is 0 Å². The summed E-state index contributed by atoms with van der Waals surface area (Å²) >= 11 is 0. The summed E-state index contributed by atoms with van der Waals surface area (Å²) in [5, 5.41) is 0. The van der Waals surface area contributed by atoms with Crippen LogP contribution in [0.25, 0.3) is 22.6 Å². The summed E-state index contributed by atoms with van der Waals surface area (Å²) in [4.78, 5) is 13.2. The van der Waals surface area contributed by atoms with Crippen molar-refractivity contribution in [2.45, 2.75) is 20.0 Å². The van der Waals surface area contributed by atoms with E-state index in [0.717, 1.165) is 29.6 Å². The molecule has 0 spiro atoms. The number of fused-ring (bicyclic) bond motifs is 1. The Bertz CT molecular complexity index is 1060. The van der Waals surface area contributed by atoms with Crippen LogP contribution in [0.5, 0.6) is 0 Å². The summed E-state index contributed by atoms with van der Waals surface area (Å²) in [6.45, 7) is 3.15. The van der Waals surface area contributed by atoms with Gasteiger partial charge >= 0.3 is 0 Å². The van der Waals surface area contributed by atoms with Crippen molar-refractivity contribution in [3.05, 3.63) is 66.4 Å². The van der Waals surface area contributed by atoms with Gasteiger partial charge in [-0.3, -0.25) is 0 Å². The Balaban J connectivity index is 0.00000131. The van der Waals surface area contributed by atoms with Crippen LogP contribution in [0, 0.1) is 11.6 Å². The topological polar surface area (TPSA) is 48.5 Å². The molecular weight excluding hydrogens is 395 g/mol. The number of imidazole rings is 2. The lowest BCUT2D eigenvalue weighted by molar-refractivity contribution is 0.583. The third kappa shape index (κ3) is 3.79. The van der Waals surface area contributed by atoms with Gasteiger partial charge in [-0.05, 0) is 31.2 Å². The lowest BCUT2D eigenvalue weighted by Gasteiger charge is -2.10. The first-order chi connectivity index (χ1) is 12.2. The molecule has 27 heavy (non-hydrogen) atoms. The van der Waals surface area contributed by atoms with Crippen molar-refractivity contribution in [1.82, 2.24) is 24.1 Å². The van der Waals surface area contributed by atoms with Crippen LogP contribution in [0.3, 0.4) is 0 Å². The van der Waals surface area contributed by atoms with Gasteiger partial charge < -0.3 is 9.13 Å². The maximum atomic E-state index is 14.1. The van der Waals surface area contributed by atoms with Crippen LogP contribution < -0.4 is 0 Å². The second-order valence-corrected chi connectivity index (χ2v) is 5.62. The maximum Gasteiger partial charge on any atom is 0.160 e. The normalized spacial score (nSPS) is 10.5. The monoisotopic (exact) mass is 411 g/mol. The third-order valence-corrected chi connectivity index (χ3v) is 4.10. The highest BCUT2D eigenvalue weighted by atomic mass is 35.5. The molecule has 0 aliphatic heterocycles. The van der Waals surface area contributed by atoms with E-state index in [0.29, 0.717) is 12.4 Å². The van der Waals surface area contributed by atoms with Crippen molar-refractivity contribution in [2.75, 3.05) is 0 Å². The fourth-order valence-electron chi connectivity index (χ4n) is 2.96. The second-order valence-electron chi connectivity index (χ2n) is 5.62. The Kier molecular flexibility index (Phi) is 6.51. The zero-order chi connectivity index (χ0) is 17.4. The van der Waals surface area contributed by atoms with Gasteiger partial charge in [0, 0.05) is 31.2 Å². The molecule has 5 nitrogen and oxygen atoms in total. The van der Waals surface area contributed by atoms with Gasteiger partial charge in [-0.2, -0.15) is 0 Å². The molecule has 0 N–H and O–H groups in total. The minimum atomic E-state index is -0.641. The highest BCUT2D eigenvalue weighted by molar-refractivity contribution is 5.85. The molecule has 0 aliphatic carbocycles. The Labute approximate surface area is 166 Å². The Hall–Kier alpha value is -2.51. The van der Waals surface area contributed by atoms with Crippen LogP contribution in [0.2, 0.25) is 0 Å². The summed E-state index contributed by atoms with van der Waals surface area (Å²) in [5.74, 6) is -0.0190. The van der Waals surface area contributed by atoms with Crippen molar-refractivity contribution < 1.29 is 8.78 Å². The van der Waals surface area contributed by atoms with E-state index in [1.54, 1.807) is 23.2 Å². The number of hydrogen-bond donors (Lipinski definition) is 0. The number of rotatable bonds is 4. The van der Waals surface area contributed by atoms with E-state index in [1.807, 2.05) is 23.6 Å². The molecular formula is C18H17Cl2F2N5. The molecule has 0 atom stereocenters. The van der Waals surface area contributed by atoms with Crippen molar-refractivity contribution in [3.8, 4) is 11.4 Å². The number of benzene rings is 1. The molecule has 0 radical (unpaired) electrons. The van der Waals surface area contributed by atoms with Crippen molar-refractivity contribution in [2.24, 2.45) is 0 Å². The van der Waals surface area contributed by atoms with Crippen LogP contribution in [0.4, 0.5) is 8.78 Å². The second kappa shape index (κ2) is 8.45. The van der Waals surface area contributed by atoms with E-state index in [4.69, 9.17) is 0 Å². The van der Waals surface area contributed by atoms with E-state index in [-0.39, 0.29) is 30.4 Å². The third-order valence-electron chi connectivity index (χ3n) is 4.10. The zero-order valence-electron chi connectivity index (χ0n) is 14.3. The smallest absolute Gasteiger partial charge is 0.160 e. The van der Waals surface area contributed by atoms with Crippen molar-refractivity contribution in [3.63, 3.8) is 0 Å². The fourth-order valence-corrected chi connectivity index (χ4v) is 2.96. The summed E-state index contributed by atoms with van der Waals surface area (Å²) in [6.07, 6.45) is 5.08. The van der Waals surface area contributed by atoms with Crippen molar-refractivity contribution >= 4 is 36.0 Å². The molecule has 0 fully saturated rings. The fraction of sp³-hybridized carbons (Fsp3) is 0.167. The first kappa shape index (κ1) is 20.8. The number of pyridine rings is 1. The van der Waals surface area contributed by atoms with E-state index >= 15 is 0 Å². The molecule has 0 aliphatic rings. The largest absolute Gasteiger partial charge is 0.323 e. The molecule has 0 bridgehead atoms. The molecule has 9 heteroatoms. The van der Waals surface area contributed by atoms with Crippen molar-refractivity contribution in [1.29, 1.82) is 0 Å². The molecule has 0 unspecified atom stereocenters. The number of nitrogens with zero attached hydrogens (tertiary/aromatic N) is 5. The molecule has 4 aromatic rings. The van der Waals surface area contributed by atoms with E-state index in [2.05, 4.69) is 15.0 Å². The molecule has 1 aromatic carbocycles. The zero-order valence-corrected chi connectivity index (χ0v) is 16.0. The highest BCUT2D eigenvalue weighted by Crippen LogP contribution is 2.23. The lowest BCUT2D eigenvalue weighted by atomic mass is 10.2. The summed E-state index contributed by atoms with van der Waals surface area (Å²) in [6, 6.07) is 7.23. The maximum absolute atomic E-state index is 14.1. The van der Waals surface area contributed by atoms with Crippen LogP contribution in [0.15, 0.2) is 48.9 Å². The van der Waals surface area contributed by atoms with Gasteiger partial charge in [0.1, 0.15) is 28.8 Å².